The van der Waals surface area contributed by atoms with E-state index in [9.17, 15) is 9.70 Å². The number of aromatic nitrogens is 2. The SMILES string of the molecule is CO.O=Nc1cc(C(=O)O)n(C2CCCC2)n1. The number of hydrogen-bond acceptors (Lipinski definition) is 5. The third-order valence-electron chi connectivity index (χ3n) is 2.71. The lowest BCUT2D eigenvalue weighted by Gasteiger charge is -2.11. The molecule has 2 N–H and O–H groups in total. The summed E-state index contributed by atoms with van der Waals surface area (Å²) in [4.78, 5) is 21.2. The molecule has 0 bridgehead atoms. The number of aliphatic hydroxyl groups excluding tert-OH is 1. The van der Waals surface area contributed by atoms with Crippen molar-refractivity contribution in [1.29, 1.82) is 0 Å². The zero-order valence-corrected chi connectivity index (χ0v) is 9.54. The highest BCUT2D eigenvalue weighted by Gasteiger charge is 2.24. The van der Waals surface area contributed by atoms with E-state index in [4.69, 9.17) is 10.2 Å². The molecule has 1 aromatic rings. The Kier molecular flexibility index (Phi) is 4.77. The Morgan fingerprint density at radius 1 is 1.47 bits per heavy atom. The van der Waals surface area contributed by atoms with Crippen molar-refractivity contribution in [3.8, 4) is 0 Å². The second kappa shape index (κ2) is 6.09. The lowest BCUT2D eigenvalue weighted by atomic mass is 10.2. The Bertz CT molecular complexity index is 396. The maximum Gasteiger partial charge on any atom is 0.354 e. The van der Waals surface area contributed by atoms with Crippen LogP contribution < -0.4 is 0 Å². The quantitative estimate of drug-likeness (QED) is 0.783. The van der Waals surface area contributed by atoms with Crippen molar-refractivity contribution in [2.75, 3.05) is 7.11 Å². The van der Waals surface area contributed by atoms with Gasteiger partial charge in [-0.3, -0.25) is 4.68 Å². The Morgan fingerprint density at radius 3 is 2.53 bits per heavy atom. The molecule has 0 saturated heterocycles. The summed E-state index contributed by atoms with van der Waals surface area (Å²) >= 11 is 0. The number of carboxylic acids is 1. The molecule has 1 aromatic heterocycles. The summed E-state index contributed by atoms with van der Waals surface area (Å²) in [6.07, 6.45) is 3.99. The summed E-state index contributed by atoms with van der Waals surface area (Å²) < 4.78 is 1.42. The molecule has 1 aliphatic carbocycles. The third kappa shape index (κ3) is 2.88. The van der Waals surface area contributed by atoms with E-state index in [0.717, 1.165) is 32.8 Å². The Hall–Kier alpha value is -1.76. The van der Waals surface area contributed by atoms with Crippen LogP contribution >= 0.6 is 0 Å². The molecule has 2 rings (SSSR count). The molecule has 94 valence electrons. The minimum Gasteiger partial charge on any atom is -0.477 e. The van der Waals surface area contributed by atoms with Gasteiger partial charge in [0.25, 0.3) is 0 Å². The number of hydrogen-bond donors (Lipinski definition) is 2. The highest BCUT2D eigenvalue weighted by atomic mass is 16.4. The zero-order chi connectivity index (χ0) is 12.8. The lowest BCUT2D eigenvalue weighted by molar-refractivity contribution is 0.0680. The van der Waals surface area contributed by atoms with Gasteiger partial charge in [0, 0.05) is 13.2 Å². The molecule has 0 unspecified atom stereocenters. The molecule has 0 spiro atoms. The van der Waals surface area contributed by atoms with E-state index in [-0.39, 0.29) is 17.6 Å². The normalized spacial score (nSPS) is 15.2. The van der Waals surface area contributed by atoms with Crippen LogP contribution in [-0.4, -0.2) is 33.1 Å². The summed E-state index contributed by atoms with van der Waals surface area (Å²) in [5.74, 6) is -1.12. The second-order valence-corrected chi connectivity index (χ2v) is 3.67. The van der Waals surface area contributed by atoms with Gasteiger partial charge in [-0.25, -0.2) is 4.79 Å². The summed E-state index contributed by atoms with van der Waals surface area (Å²) in [5, 5.41) is 22.5. The molecule has 1 saturated carbocycles. The molecule has 1 heterocycles. The monoisotopic (exact) mass is 241 g/mol. The first-order valence-electron chi connectivity index (χ1n) is 5.33. The van der Waals surface area contributed by atoms with Crippen LogP contribution in [0.4, 0.5) is 5.82 Å². The van der Waals surface area contributed by atoms with Gasteiger partial charge in [0.05, 0.1) is 6.04 Å². The molecule has 0 amide bonds. The number of nitrogens with zero attached hydrogens (tertiary/aromatic N) is 3. The molecule has 1 aliphatic rings. The molecule has 0 atom stereocenters. The topological polar surface area (TPSA) is 105 Å². The second-order valence-electron chi connectivity index (χ2n) is 3.67. The largest absolute Gasteiger partial charge is 0.477 e. The first kappa shape index (κ1) is 13.3. The maximum absolute atomic E-state index is 10.9. The summed E-state index contributed by atoms with van der Waals surface area (Å²) in [6.45, 7) is 0. The Morgan fingerprint density at radius 2 is 2.06 bits per heavy atom. The number of aromatic carboxylic acids is 1. The summed E-state index contributed by atoms with van der Waals surface area (Å²) in [7, 11) is 1.00. The molecule has 17 heavy (non-hydrogen) atoms. The molecule has 0 aliphatic heterocycles. The van der Waals surface area contributed by atoms with Gasteiger partial charge in [-0.05, 0) is 18.0 Å². The number of carbonyl (C=O) groups is 1. The molecule has 0 aromatic carbocycles. The highest BCUT2D eigenvalue weighted by molar-refractivity contribution is 5.86. The fraction of sp³-hybridized carbons (Fsp3) is 0.600. The third-order valence-corrected chi connectivity index (χ3v) is 2.71. The van der Waals surface area contributed by atoms with E-state index >= 15 is 0 Å². The number of aliphatic hydroxyl groups is 1. The van der Waals surface area contributed by atoms with Crippen molar-refractivity contribution in [3.05, 3.63) is 16.7 Å². The van der Waals surface area contributed by atoms with Crippen molar-refractivity contribution >= 4 is 11.8 Å². The van der Waals surface area contributed by atoms with Crippen molar-refractivity contribution in [2.45, 2.75) is 31.7 Å². The Labute approximate surface area is 98.0 Å². The van der Waals surface area contributed by atoms with E-state index in [0.29, 0.717) is 0 Å². The smallest absolute Gasteiger partial charge is 0.354 e. The Balaban J connectivity index is 0.000000686. The van der Waals surface area contributed by atoms with Gasteiger partial charge in [-0.1, -0.05) is 12.8 Å². The van der Waals surface area contributed by atoms with E-state index in [1.165, 1.54) is 10.7 Å². The first-order valence-corrected chi connectivity index (χ1v) is 5.33. The van der Waals surface area contributed by atoms with Crippen molar-refractivity contribution in [1.82, 2.24) is 9.78 Å². The fourth-order valence-corrected chi connectivity index (χ4v) is 2.01. The summed E-state index contributed by atoms with van der Waals surface area (Å²) in [5.41, 5.74) is 0.0523. The zero-order valence-electron chi connectivity index (χ0n) is 9.54. The van der Waals surface area contributed by atoms with Crippen LogP contribution in [0.3, 0.4) is 0 Å². The van der Waals surface area contributed by atoms with Gasteiger partial charge in [0.2, 0.25) is 5.82 Å². The lowest BCUT2D eigenvalue weighted by Crippen LogP contribution is -2.13. The average Bonchev–Trinajstić information content (AvgIpc) is 3.00. The van der Waals surface area contributed by atoms with Gasteiger partial charge < -0.3 is 10.2 Å². The van der Waals surface area contributed by atoms with Crippen molar-refractivity contribution in [2.24, 2.45) is 5.18 Å². The van der Waals surface area contributed by atoms with Gasteiger partial charge in [0.15, 0.2) is 0 Å². The van der Waals surface area contributed by atoms with Crippen LogP contribution in [0.1, 0.15) is 42.2 Å². The minimum atomic E-state index is -1.07. The van der Waals surface area contributed by atoms with E-state index in [1.54, 1.807) is 0 Å². The predicted octanol–water partition coefficient (Wildman–Crippen LogP) is 1.70. The number of carboxylic acid groups (broad SMARTS) is 1. The molecular formula is C10H15N3O4. The van der Waals surface area contributed by atoms with Gasteiger partial charge in [0.1, 0.15) is 5.69 Å². The van der Waals surface area contributed by atoms with E-state index in [1.807, 2.05) is 0 Å². The molecule has 7 nitrogen and oxygen atoms in total. The van der Waals surface area contributed by atoms with Gasteiger partial charge in [-0.2, -0.15) is 0 Å². The molecule has 7 heteroatoms. The van der Waals surface area contributed by atoms with Crippen molar-refractivity contribution in [3.63, 3.8) is 0 Å². The van der Waals surface area contributed by atoms with E-state index in [2.05, 4.69) is 10.3 Å². The average molecular weight is 241 g/mol. The molecular weight excluding hydrogens is 226 g/mol. The van der Waals surface area contributed by atoms with Crippen LogP contribution in [0.25, 0.3) is 0 Å². The van der Waals surface area contributed by atoms with Crippen LogP contribution in [0, 0.1) is 4.91 Å². The van der Waals surface area contributed by atoms with Crippen LogP contribution in [0.5, 0.6) is 0 Å². The molecule has 0 radical (unpaired) electrons. The highest BCUT2D eigenvalue weighted by Crippen LogP contribution is 2.31. The number of nitroso groups, excluding NO2 is 1. The van der Waals surface area contributed by atoms with Crippen LogP contribution in [0.2, 0.25) is 0 Å². The molecule has 1 fully saturated rings. The minimum absolute atomic E-state index is 0.0523. The van der Waals surface area contributed by atoms with Gasteiger partial charge >= 0.3 is 5.97 Å². The van der Waals surface area contributed by atoms with Crippen molar-refractivity contribution < 1.29 is 15.0 Å². The summed E-state index contributed by atoms with van der Waals surface area (Å²) in [6, 6.07) is 1.32. The first-order chi connectivity index (χ1) is 8.22. The van der Waals surface area contributed by atoms with Crippen LogP contribution in [0.15, 0.2) is 11.2 Å². The fourth-order valence-electron chi connectivity index (χ4n) is 2.01. The maximum atomic E-state index is 10.9. The van der Waals surface area contributed by atoms with Crippen LogP contribution in [-0.2, 0) is 0 Å². The standard InChI is InChI=1S/C9H11N3O3.CH4O/c13-9(14)7-5-8(11-15)10-12(7)6-3-1-2-4-6;1-2/h5-6H,1-4H2,(H,13,14);2H,1H3. The number of rotatable bonds is 3. The van der Waals surface area contributed by atoms with Gasteiger partial charge in [-0.15, -0.1) is 10.0 Å². The predicted molar refractivity (Wildman–Crippen MR) is 60.3 cm³/mol. The van der Waals surface area contributed by atoms with E-state index < -0.39 is 5.97 Å².